The zero-order valence-electron chi connectivity index (χ0n) is 16.5. The fourth-order valence-electron chi connectivity index (χ4n) is 2.98. The molecule has 164 valence electrons. The molecule has 1 atom stereocenters. The number of nitro groups is 1. The Bertz CT molecular complexity index is 1160. The van der Waals surface area contributed by atoms with E-state index in [2.05, 4.69) is 15.3 Å². The first kappa shape index (κ1) is 22.3. The molecular weight excluding hydrogens is 441 g/mol. The molecule has 0 fully saturated rings. The van der Waals surface area contributed by atoms with Crippen LogP contribution < -0.4 is 14.8 Å². The molecule has 1 heterocycles. The van der Waals surface area contributed by atoms with Crippen LogP contribution in [0.2, 0.25) is 5.28 Å². The summed E-state index contributed by atoms with van der Waals surface area (Å²) in [5, 5.41) is 14.4. The summed E-state index contributed by atoms with van der Waals surface area (Å²) in [6.07, 6.45) is -4.74. The molecule has 0 spiro atoms. The Hall–Kier alpha value is -3.34. The zero-order valence-corrected chi connectivity index (χ0v) is 17.2. The number of benzene rings is 2. The Morgan fingerprint density at radius 3 is 2.32 bits per heavy atom. The van der Waals surface area contributed by atoms with E-state index in [9.17, 15) is 23.3 Å². The van der Waals surface area contributed by atoms with Gasteiger partial charge in [-0.2, -0.15) is 13.2 Å². The van der Waals surface area contributed by atoms with E-state index in [4.69, 9.17) is 21.1 Å². The highest BCUT2D eigenvalue weighted by Crippen LogP contribution is 2.37. The molecule has 12 heteroatoms. The lowest BCUT2D eigenvalue weighted by Crippen LogP contribution is -2.12. The molecule has 0 unspecified atom stereocenters. The summed E-state index contributed by atoms with van der Waals surface area (Å²) in [6.45, 7) is 1.54. The van der Waals surface area contributed by atoms with Gasteiger partial charge in [0.15, 0.2) is 11.5 Å². The Kier molecular flexibility index (Phi) is 6.07. The molecule has 3 rings (SSSR count). The maximum Gasteiger partial charge on any atom is 0.416 e. The Morgan fingerprint density at radius 2 is 1.74 bits per heavy atom. The third-order valence-electron chi connectivity index (χ3n) is 4.51. The van der Waals surface area contributed by atoms with Crippen molar-refractivity contribution in [3.63, 3.8) is 0 Å². The molecule has 1 aromatic heterocycles. The minimum Gasteiger partial charge on any atom is -0.493 e. The molecule has 0 aliphatic rings. The normalized spacial score (nSPS) is 12.5. The number of fused-ring (bicyclic) bond motifs is 1. The first-order chi connectivity index (χ1) is 14.5. The first-order valence-electron chi connectivity index (χ1n) is 8.76. The van der Waals surface area contributed by atoms with Crippen LogP contribution in [0.1, 0.15) is 24.1 Å². The van der Waals surface area contributed by atoms with Crippen LogP contribution in [-0.4, -0.2) is 29.1 Å². The Morgan fingerprint density at radius 1 is 1.10 bits per heavy atom. The predicted molar refractivity (Wildman–Crippen MR) is 108 cm³/mol. The van der Waals surface area contributed by atoms with Crippen LogP contribution >= 0.6 is 11.6 Å². The number of hydrogen-bond donors (Lipinski definition) is 1. The van der Waals surface area contributed by atoms with Gasteiger partial charge in [-0.25, -0.2) is 9.97 Å². The number of ether oxygens (including phenoxy) is 2. The fourth-order valence-corrected chi connectivity index (χ4v) is 3.16. The van der Waals surface area contributed by atoms with Gasteiger partial charge >= 0.3 is 6.18 Å². The van der Waals surface area contributed by atoms with Crippen molar-refractivity contribution < 1.29 is 27.6 Å². The van der Waals surface area contributed by atoms with Crippen LogP contribution in [0.15, 0.2) is 30.3 Å². The summed E-state index contributed by atoms with van der Waals surface area (Å²) in [6, 6.07) is 4.79. The zero-order chi connectivity index (χ0) is 22.9. The molecule has 0 radical (unpaired) electrons. The van der Waals surface area contributed by atoms with Crippen molar-refractivity contribution in [1.29, 1.82) is 0 Å². The van der Waals surface area contributed by atoms with Gasteiger partial charge in [0.1, 0.15) is 5.82 Å². The van der Waals surface area contributed by atoms with E-state index in [-0.39, 0.29) is 16.7 Å². The van der Waals surface area contributed by atoms with Gasteiger partial charge in [0.05, 0.1) is 36.3 Å². The quantitative estimate of drug-likeness (QED) is 0.301. The highest BCUT2D eigenvalue weighted by Gasteiger charge is 2.33. The number of alkyl halides is 3. The number of nitrogens with zero attached hydrogens (tertiary/aromatic N) is 3. The van der Waals surface area contributed by atoms with Crippen LogP contribution in [-0.2, 0) is 6.18 Å². The van der Waals surface area contributed by atoms with Crippen molar-refractivity contribution >= 4 is 34.0 Å². The van der Waals surface area contributed by atoms with Crippen molar-refractivity contribution in [2.45, 2.75) is 19.1 Å². The van der Waals surface area contributed by atoms with Gasteiger partial charge in [0, 0.05) is 23.6 Å². The molecule has 0 amide bonds. The van der Waals surface area contributed by atoms with Crippen LogP contribution in [0, 0.1) is 10.1 Å². The molecule has 2 aromatic carbocycles. The van der Waals surface area contributed by atoms with Crippen molar-refractivity contribution in [2.24, 2.45) is 0 Å². The van der Waals surface area contributed by atoms with Gasteiger partial charge in [-0.05, 0) is 36.2 Å². The van der Waals surface area contributed by atoms with Gasteiger partial charge in [0.2, 0.25) is 5.28 Å². The van der Waals surface area contributed by atoms with E-state index in [1.165, 1.54) is 14.2 Å². The summed E-state index contributed by atoms with van der Waals surface area (Å²) in [7, 11) is 2.90. The summed E-state index contributed by atoms with van der Waals surface area (Å²) >= 11 is 6.00. The molecule has 0 aliphatic heterocycles. The number of nitrogens with one attached hydrogen (secondary N) is 1. The Labute approximate surface area is 179 Å². The highest BCUT2D eigenvalue weighted by atomic mass is 35.5. The number of anilines is 1. The van der Waals surface area contributed by atoms with Crippen LogP contribution in [0.4, 0.5) is 24.7 Å². The van der Waals surface area contributed by atoms with Crippen molar-refractivity contribution in [3.05, 3.63) is 56.9 Å². The number of hydrogen-bond acceptors (Lipinski definition) is 7. The number of methoxy groups -OCH3 is 2. The van der Waals surface area contributed by atoms with Gasteiger partial charge in [-0.3, -0.25) is 10.1 Å². The average molecular weight is 457 g/mol. The maximum absolute atomic E-state index is 13.2. The third kappa shape index (κ3) is 4.71. The SMILES string of the molecule is COc1cc2nc(Cl)nc(N[C@H](C)c3cc([N+](=O)[O-])cc(C(F)(F)F)c3)c2cc1OC. The van der Waals surface area contributed by atoms with Crippen molar-refractivity contribution in [1.82, 2.24) is 9.97 Å². The summed E-state index contributed by atoms with van der Waals surface area (Å²) in [5.74, 6) is 0.993. The molecular formula is C19H16ClF3N4O4. The smallest absolute Gasteiger partial charge is 0.416 e. The van der Waals surface area contributed by atoms with Crippen molar-refractivity contribution in [2.75, 3.05) is 19.5 Å². The second kappa shape index (κ2) is 8.42. The fraction of sp³-hybridized carbons (Fsp3) is 0.263. The predicted octanol–water partition coefficient (Wildman–Crippen LogP) is 5.40. The molecule has 8 nitrogen and oxygen atoms in total. The van der Waals surface area contributed by atoms with E-state index in [1.54, 1.807) is 19.1 Å². The lowest BCUT2D eigenvalue weighted by Gasteiger charge is -2.18. The number of non-ortho nitro benzene ring substituents is 1. The van der Waals surface area contributed by atoms with Crippen LogP contribution in [0.25, 0.3) is 10.9 Å². The van der Waals surface area contributed by atoms with Crippen LogP contribution in [0.5, 0.6) is 11.5 Å². The van der Waals surface area contributed by atoms with Gasteiger partial charge < -0.3 is 14.8 Å². The number of rotatable bonds is 6. The topological polar surface area (TPSA) is 99.4 Å². The minimum atomic E-state index is -4.74. The van der Waals surface area contributed by atoms with Gasteiger partial charge in [-0.1, -0.05) is 0 Å². The first-order valence-corrected chi connectivity index (χ1v) is 9.13. The van der Waals surface area contributed by atoms with E-state index in [1.807, 2.05) is 0 Å². The largest absolute Gasteiger partial charge is 0.493 e. The molecule has 1 N–H and O–H groups in total. The number of aromatic nitrogens is 2. The Balaban J connectivity index is 2.08. The molecule has 3 aromatic rings. The van der Waals surface area contributed by atoms with E-state index in [0.29, 0.717) is 28.5 Å². The third-order valence-corrected chi connectivity index (χ3v) is 4.67. The lowest BCUT2D eigenvalue weighted by molar-refractivity contribution is -0.385. The molecule has 0 aliphatic carbocycles. The number of nitro benzene ring substituents is 1. The average Bonchev–Trinajstić information content (AvgIpc) is 2.71. The second-order valence-corrected chi connectivity index (χ2v) is 6.84. The van der Waals surface area contributed by atoms with Crippen LogP contribution in [0.3, 0.4) is 0 Å². The van der Waals surface area contributed by atoms with E-state index >= 15 is 0 Å². The standard InChI is InChI=1S/C19H16ClF3N4O4/c1-9(10-4-11(19(21,22)23)6-12(5-10)27(28)29)24-17-13-7-15(30-2)16(31-3)8-14(13)25-18(20)26-17/h4-9H,1-3H3,(H,24,25,26)/t9-/m1/s1. The second-order valence-electron chi connectivity index (χ2n) is 6.50. The summed E-state index contributed by atoms with van der Waals surface area (Å²) < 4.78 is 50.1. The molecule has 31 heavy (non-hydrogen) atoms. The molecule has 0 bridgehead atoms. The van der Waals surface area contributed by atoms with E-state index in [0.717, 1.165) is 12.1 Å². The van der Waals surface area contributed by atoms with E-state index < -0.39 is 28.4 Å². The minimum absolute atomic E-state index is 0.0462. The summed E-state index contributed by atoms with van der Waals surface area (Å²) in [4.78, 5) is 18.5. The molecule has 0 saturated carbocycles. The highest BCUT2D eigenvalue weighted by molar-refractivity contribution is 6.28. The van der Waals surface area contributed by atoms with Crippen molar-refractivity contribution in [3.8, 4) is 11.5 Å². The maximum atomic E-state index is 13.2. The lowest BCUT2D eigenvalue weighted by atomic mass is 10.0. The van der Waals surface area contributed by atoms with Gasteiger partial charge in [-0.15, -0.1) is 0 Å². The number of halogens is 4. The monoisotopic (exact) mass is 456 g/mol. The van der Waals surface area contributed by atoms with Gasteiger partial charge in [0.25, 0.3) is 5.69 Å². The molecule has 0 saturated heterocycles. The summed E-state index contributed by atoms with van der Waals surface area (Å²) in [5.41, 5.74) is -1.34.